The number of hydrogen-bond donors (Lipinski definition) is 2. The summed E-state index contributed by atoms with van der Waals surface area (Å²) in [5.41, 5.74) is 11.8. The molecule has 0 spiro atoms. The van der Waals surface area contributed by atoms with Crippen LogP contribution >= 0.6 is 0 Å². The first-order valence-corrected chi connectivity index (χ1v) is 3.50. The predicted molar refractivity (Wildman–Crippen MR) is 44.8 cm³/mol. The zero-order valence-electron chi connectivity index (χ0n) is 7.13. The smallest absolute Gasteiger partial charge is 0.121 e. The lowest BCUT2D eigenvalue weighted by molar-refractivity contribution is 0.523. The Balaban J connectivity index is 3.08. The molecule has 0 unspecified atom stereocenters. The molecule has 4 nitrogen and oxygen atoms in total. The van der Waals surface area contributed by atoms with Crippen molar-refractivity contribution in [3.8, 4) is 0 Å². The number of hydrogen-bond acceptors (Lipinski definition) is 3. The zero-order valence-corrected chi connectivity index (χ0v) is 7.13. The van der Waals surface area contributed by atoms with Crippen LogP contribution in [0.3, 0.4) is 0 Å². The highest BCUT2D eigenvalue weighted by Gasteiger charge is 2.18. The molecule has 0 saturated heterocycles. The lowest BCUT2D eigenvalue weighted by atomic mass is 10.0. The van der Waals surface area contributed by atoms with E-state index in [-0.39, 0.29) is 0 Å². The fraction of sp³-hybridized carbons (Fsp3) is 0.571. The quantitative estimate of drug-likeness (QED) is 0.607. The van der Waals surface area contributed by atoms with E-state index in [1.807, 2.05) is 13.8 Å². The maximum atomic E-state index is 5.81. The summed E-state index contributed by atoms with van der Waals surface area (Å²) in [5, 5.41) is 4.15. The fourth-order valence-electron chi connectivity index (χ4n) is 0.797. The topological polar surface area (TPSA) is 69.9 Å². The molecule has 0 amide bonds. The van der Waals surface area contributed by atoms with Gasteiger partial charge in [0.25, 0.3) is 0 Å². The average Bonchev–Trinajstić information content (AvgIpc) is 2.11. The number of aromatic nitrogens is 2. The number of rotatable bonds is 1. The number of aryl methyl sites for hydroxylation is 1. The summed E-state index contributed by atoms with van der Waals surface area (Å²) in [6.07, 6.45) is 0. The van der Waals surface area contributed by atoms with Crippen molar-refractivity contribution in [2.75, 3.05) is 5.73 Å². The molecule has 1 aromatic rings. The van der Waals surface area contributed by atoms with Crippen LogP contribution in [-0.4, -0.2) is 9.78 Å². The number of nitrogens with two attached hydrogens (primary N) is 2. The molecule has 0 fully saturated rings. The third-order valence-corrected chi connectivity index (χ3v) is 1.58. The summed E-state index contributed by atoms with van der Waals surface area (Å²) < 4.78 is 1.62. The van der Waals surface area contributed by atoms with Gasteiger partial charge in [0.1, 0.15) is 5.82 Å². The maximum Gasteiger partial charge on any atom is 0.121 e. The monoisotopic (exact) mass is 154 g/mol. The van der Waals surface area contributed by atoms with Gasteiger partial charge in [-0.25, -0.2) is 0 Å². The van der Waals surface area contributed by atoms with Gasteiger partial charge in [-0.1, -0.05) is 0 Å². The first-order chi connectivity index (χ1) is 4.91. The van der Waals surface area contributed by atoms with Crippen molar-refractivity contribution < 1.29 is 0 Å². The molecule has 0 radical (unpaired) electrons. The van der Waals surface area contributed by atoms with Gasteiger partial charge in [-0.3, -0.25) is 4.68 Å². The molecule has 11 heavy (non-hydrogen) atoms. The van der Waals surface area contributed by atoms with Gasteiger partial charge < -0.3 is 11.5 Å². The fourth-order valence-corrected chi connectivity index (χ4v) is 0.797. The number of nitrogen functional groups attached to an aromatic ring is 1. The molecule has 0 saturated carbocycles. The van der Waals surface area contributed by atoms with Crippen molar-refractivity contribution in [2.45, 2.75) is 19.4 Å². The summed E-state index contributed by atoms with van der Waals surface area (Å²) in [6.45, 7) is 3.80. The van der Waals surface area contributed by atoms with E-state index in [4.69, 9.17) is 11.5 Å². The van der Waals surface area contributed by atoms with E-state index in [1.54, 1.807) is 17.8 Å². The molecule has 62 valence electrons. The molecule has 0 aliphatic rings. The van der Waals surface area contributed by atoms with E-state index in [0.717, 1.165) is 5.69 Å². The molecule has 4 heteroatoms. The standard InChI is InChI=1S/C7H14N4/c1-7(2,9)5-4-6(8)11(3)10-5/h4H,8-9H2,1-3H3. The number of nitrogens with zero attached hydrogens (tertiary/aromatic N) is 2. The molecule has 1 rings (SSSR count). The highest BCUT2D eigenvalue weighted by atomic mass is 15.3. The Morgan fingerprint density at radius 2 is 2.09 bits per heavy atom. The Morgan fingerprint density at radius 1 is 1.55 bits per heavy atom. The lowest BCUT2D eigenvalue weighted by Gasteiger charge is -2.14. The molecule has 0 aliphatic heterocycles. The van der Waals surface area contributed by atoms with Crippen molar-refractivity contribution in [3.63, 3.8) is 0 Å². The number of anilines is 1. The Bertz CT molecular complexity index is 236. The van der Waals surface area contributed by atoms with Crippen molar-refractivity contribution >= 4 is 5.82 Å². The largest absolute Gasteiger partial charge is 0.384 e. The van der Waals surface area contributed by atoms with Crippen molar-refractivity contribution in [1.29, 1.82) is 0 Å². The van der Waals surface area contributed by atoms with Crippen LogP contribution in [-0.2, 0) is 12.6 Å². The van der Waals surface area contributed by atoms with E-state index >= 15 is 0 Å². The van der Waals surface area contributed by atoms with Gasteiger partial charge >= 0.3 is 0 Å². The van der Waals surface area contributed by atoms with Crippen LogP contribution in [0.25, 0.3) is 0 Å². The Kier molecular flexibility index (Phi) is 1.64. The third-order valence-electron chi connectivity index (χ3n) is 1.58. The molecule has 0 aromatic carbocycles. The molecule has 0 atom stereocenters. The van der Waals surface area contributed by atoms with Crippen molar-refractivity contribution in [2.24, 2.45) is 12.8 Å². The van der Waals surface area contributed by atoms with Crippen LogP contribution in [0.4, 0.5) is 5.82 Å². The Morgan fingerprint density at radius 3 is 2.27 bits per heavy atom. The maximum absolute atomic E-state index is 5.81. The SMILES string of the molecule is Cn1nc(C(C)(C)N)cc1N. The van der Waals surface area contributed by atoms with E-state index in [2.05, 4.69) is 5.10 Å². The van der Waals surface area contributed by atoms with E-state index < -0.39 is 5.54 Å². The molecule has 4 N–H and O–H groups in total. The van der Waals surface area contributed by atoms with Crippen LogP contribution in [0.5, 0.6) is 0 Å². The molecular formula is C7H14N4. The van der Waals surface area contributed by atoms with Crippen LogP contribution in [0.1, 0.15) is 19.5 Å². The predicted octanol–water partition coefficient (Wildman–Crippen LogP) is 0.196. The first-order valence-electron chi connectivity index (χ1n) is 3.50. The second kappa shape index (κ2) is 2.23. The van der Waals surface area contributed by atoms with E-state index in [0.29, 0.717) is 5.82 Å². The molecule has 1 heterocycles. The summed E-state index contributed by atoms with van der Waals surface area (Å²) in [7, 11) is 1.80. The van der Waals surface area contributed by atoms with E-state index in [9.17, 15) is 0 Å². The molecule has 0 aliphatic carbocycles. The first kappa shape index (κ1) is 8.07. The molecule has 0 bridgehead atoms. The van der Waals surface area contributed by atoms with Gasteiger partial charge in [0.05, 0.1) is 11.2 Å². The van der Waals surface area contributed by atoms with Gasteiger partial charge in [0, 0.05) is 13.1 Å². The Hall–Kier alpha value is -1.03. The van der Waals surface area contributed by atoms with Crippen LogP contribution in [0, 0.1) is 0 Å². The summed E-state index contributed by atoms with van der Waals surface area (Å²) in [6, 6.07) is 1.79. The summed E-state index contributed by atoms with van der Waals surface area (Å²) in [4.78, 5) is 0. The summed E-state index contributed by atoms with van der Waals surface area (Å²) >= 11 is 0. The minimum atomic E-state index is -0.407. The second-order valence-corrected chi connectivity index (χ2v) is 3.30. The molecular weight excluding hydrogens is 140 g/mol. The van der Waals surface area contributed by atoms with Crippen LogP contribution < -0.4 is 11.5 Å². The van der Waals surface area contributed by atoms with Gasteiger partial charge in [-0.05, 0) is 13.8 Å². The van der Waals surface area contributed by atoms with Gasteiger partial charge in [0.15, 0.2) is 0 Å². The van der Waals surface area contributed by atoms with Crippen molar-refractivity contribution in [1.82, 2.24) is 9.78 Å². The van der Waals surface area contributed by atoms with E-state index in [1.165, 1.54) is 0 Å². The Labute approximate surface area is 66.2 Å². The van der Waals surface area contributed by atoms with Gasteiger partial charge in [0.2, 0.25) is 0 Å². The van der Waals surface area contributed by atoms with Crippen molar-refractivity contribution in [3.05, 3.63) is 11.8 Å². The van der Waals surface area contributed by atoms with Gasteiger partial charge in [-0.15, -0.1) is 0 Å². The second-order valence-electron chi connectivity index (χ2n) is 3.30. The van der Waals surface area contributed by atoms with Crippen LogP contribution in [0.15, 0.2) is 6.07 Å². The van der Waals surface area contributed by atoms with Crippen LogP contribution in [0.2, 0.25) is 0 Å². The average molecular weight is 154 g/mol. The summed E-state index contributed by atoms with van der Waals surface area (Å²) in [5.74, 6) is 0.638. The lowest BCUT2D eigenvalue weighted by Crippen LogP contribution is -2.29. The molecule has 1 aromatic heterocycles. The highest BCUT2D eigenvalue weighted by molar-refractivity contribution is 5.32. The minimum Gasteiger partial charge on any atom is -0.384 e. The third kappa shape index (κ3) is 1.51. The normalized spacial score (nSPS) is 12.0. The highest BCUT2D eigenvalue weighted by Crippen LogP contribution is 2.16. The zero-order chi connectivity index (χ0) is 8.65. The van der Waals surface area contributed by atoms with Gasteiger partial charge in [-0.2, -0.15) is 5.10 Å². The minimum absolute atomic E-state index is 0.407.